The van der Waals surface area contributed by atoms with Crippen molar-refractivity contribution in [2.45, 2.75) is 25.3 Å². The molecule has 7 heteroatoms. The monoisotopic (exact) mass is 438 g/mol. The van der Waals surface area contributed by atoms with Crippen LogP contribution in [0.2, 0.25) is 0 Å². The molecule has 1 aromatic carbocycles. The summed E-state index contributed by atoms with van der Waals surface area (Å²) >= 11 is 0. The number of fused-ring (bicyclic) bond motifs is 2. The molecule has 1 N–H and O–H groups in total. The largest absolute Gasteiger partial charge is 0.351 e. The zero-order chi connectivity index (χ0) is 22.2. The highest BCUT2D eigenvalue weighted by atomic mass is 16.2. The fraction of sp³-hybridized carbons (Fsp3) is 0.308. The summed E-state index contributed by atoms with van der Waals surface area (Å²) < 4.78 is 0. The summed E-state index contributed by atoms with van der Waals surface area (Å²) in [5.74, 6) is 0.851. The van der Waals surface area contributed by atoms with Crippen molar-refractivity contribution in [3.63, 3.8) is 0 Å². The van der Waals surface area contributed by atoms with E-state index >= 15 is 0 Å². The minimum atomic E-state index is 0.102. The number of carbonyl (C=O) groups is 1. The summed E-state index contributed by atoms with van der Waals surface area (Å²) in [5.41, 5.74) is 4.41. The number of aromatic nitrogens is 4. The van der Waals surface area contributed by atoms with Crippen LogP contribution in [0.15, 0.2) is 60.9 Å². The van der Waals surface area contributed by atoms with Gasteiger partial charge in [-0.2, -0.15) is 0 Å². The molecule has 5 heterocycles. The van der Waals surface area contributed by atoms with Crippen LogP contribution in [0, 0.1) is 0 Å². The summed E-state index contributed by atoms with van der Waals surface area (Å²) in [6.07, 6.45) is 6.61. The van der Waals surface area contributed by atoms with Gasteiger partial charge in [-0.15, -0.1) is 0 Å². The van der Waals surface area contributed by atoms with E-state index in [1.807, 2.05) is 41.3 Å². The smallest absolute Gasteiger partial charge is 0.270 e. The molecule has 0 aliphatic carbocycles. The summed E-state index contributed by atoms with van der Waals surface area (Å²) in [5, 5.41) is 1.04. The quantitative estimate of drug-likeness (QED) is 0.527. The molecule has 7 nitrogen and oxygen atoms in total. The van der Waals surface area contributed by atoms with Gasteiger partial charge in [0.15, 0.2) is 0 Å². The molecular formula is C26H26N6O. The number of pyridine rings is 1. The molecule has 1 amide bonds. The van der Waals surface area contributed by atoms with E-state index in [9.17, 15) is 4.79 Å². The van der Waals surface area contributed by atoms with Gasteiger partial charge >= 0.3 is 0 Å². The Bertz CT molecular complexity index is 1300. The molecule has 2 saturated heterocycles. The molecule has 6 rings (SSSR count). The number of piperazine rings is 1. The first-order valence-corrected chi connectivity index (χ1v) is 11.6. The Morgan fingerprint density at radius 1 is 1.00 bits per heavy atom. The van der Waals surface area contributed by atoms with E-state index in [1.165, 1.54) is 19.4 Å². The number of carbonyl (C=O) groups excluding carboxylic acids is 1. The number of rotatable bonds is 4. The number of hydrogen-bond donors (Lipinski definition) is 1. The third kappa shape index (κ3) is 4.00. The van der Waals surface area contributed by atoms with Crippen molar-refractivity contribution < 1.29 is 4.79 Å². The first kappa shape index (κ1) is 20.1. The van der Waals surface area contributed by atoms with Crippen LogP contribution in [0.4, 0.5) is 0 Å². The number of nitrogens with zero attached hydrogens (tertiary/aromatic N) is 5. The van der Waals surface area contributed by atoms with Gasteiger partial charge in [-0.1, -0.05) is 12.1 Å². The lowest BCUT2D eigenvalue weighted by molar-refractivity contribution is 0.0566. The van der Waals surface area contributed by atoms with Crippen molar-refractivity contribution in [1.29, 1.82) is 0 Å². The van der Waals surface area contributed by atoms with Gasteiger partial charge in [-0.25, -0.2) is 9.97 Å². The van der Waals surface area contributed by atoms with Gasteiger partial charge in [0.1, 0.15) is 11.5 Å². The van der Waals surface area contributed by atoms with E-state index in [-0.39, 0.29) is 5.91 Å². The topological polar surface area (TPSA) is 78.0 Å². The highest BCUT2D eigenvalue weighted by Crippen LogP contribution is 2.24. The second kappa shape index (κ2) is 8.41. The summed E-state index contributed by atoms with van der Waals surface area (Å²) in [7, 11) is 0. The zero-order valence-electron chi connectivity index (χ0n) is 18.4. The number of hydrogen-bond acceptors (Lipinski definition) is 5. The third-order valence-electron chi connectivity index (χ3n) is 6.79. The Kier molecular flexibility index (Phi) is 5.11. The molecule has 2 aliphatic rings. The fourth-order valence-corrected chi connectivity index (χ4v) is 5.08. The van der Waals surface area contributed by atoms with Crippen molar-refractivity contribution in [3.05, 3.63) is 78.0 Å². The minimum absolute atomic E-state index is 0.102. The molecule has 2 aliphatic heterocycles. The zero-order valence-corrected chi connectivity index (χ0v) is 18.4. The van der Waals surface area contributed by atoms with Gasteiger partial charge < -0.3 is 9.88 Å². The lowest BCUT2D eigenvalue weighted by Crippen LogP contribution is -2.52. The normalized spacial score (nSPS) is 18.5. The third-order valence-corrected chi connectivity index (χ3v) is 6.79. The molecule has 0 bridgehead atoms. The molecule has 33 heavy (non-hydrogen) atoms. The van der Waals surface area contributed by atoms with Gasteiger partial charge in [-0.3, -0.25) is 14.7 Å². The van der Waals surface area contributed by atoms with E-state index < -0.39 is 0 Å². The molecule has 4 aromatic rings. The first-order chi connectivity index (χ1) is 16.2. The van der Waals surface area contributed by atoms with Crippen LogP contribution in [0.3, 0.4) is 0 Å². The lowest BCUT2D eigenvalue weighted by Gasteiger charge is -2.37. The van der Waals surface area contributed by atoms with Crippen molar-refractivity contribution in [2.24, 2.45) is 0 Å². The maximum absolute atomic E-state index is 13.2. The van der Waals surface area contributed by atoms with E-state index in [0.717, 1.165) is 53.3 Å². The molecule has 0 radical (unpaired) electrons. The highest BCUT2D eigenvalue weighted by molar-refractivity contribution is 5.98. The molecule has 1 atom stereocenters. The molecule has 1 unspecified atom stereocenters. The Morgan fingerprint density at radius 3 is 2.88 bits per heavy atom. The first-order valence-electron chi connectivity index (χ1n) is 11.6. The number of benzene rings is 1. The number of aromatic amines is 1. The van der Waals surface area contributed by atoms with Crippen molar-refractivity contribution in [2.75, 3.05) is 26.2 Å². The maximum Gasteiger partial charge on any atom is 0.270 e. The Labute approximate surface area is 192 Å². The lowest BCUT2D eigenvalue weighted by atomic mass is 10.1. The Hall–Kier alpha value is -3.58. The van der Waals surface area contributed by atoms with Crippen LogP contribution < -0.4 is 0 Å². The second-order valence-electron chi connectivity index (χ2n) is 8.94. The van der Waals surface area contributed by atoms with Crippen LogP contribution in [0.25, 0.3) is 22.3 Å². The van der Waals surface area contributed by atoms with E-state index in [4.69, 9.17) is 4.98 Å². The molecule has 3 aromatic heterocycles. The SMILES string of the molecule is O=C(c1cc2cc(Cc3nccc(-c4ccccn4)n3)ccc2[nH]1)N1CCN2CCCC2C1. The Morgan fingerprint density at radius 2 is 1.97 bits per heavy atom. The molecular weight excluding hydrogens is 412 g/mol. The molecule has 166 valence electrons. The number of amides is 1. The van der Waals surface area contributed by atoms with Gasteiger partial charge in [-0.05, 0) is 61.3 Å². The predicted molar refractivity (Wildman–Crippen MR) is 127 cm³/mol. The van der Waals surface area contributed by atoms with Crippen molar-refractivity contribution in [1.82, 2.24) is 29.7 Å². The van der Waals surface area contributed by atoms with Gasteiger partial charge in [0.25, 0.3) is 5.91 Å². The van der Waals surface area contributed by atoms with E-state index in [0.29, 0.717) is 18.2 Å². The summed E-state index contributed by atoms with van der Waals surface area (Å²) in [6.45, 7) is 3.80. The maximum atomic E-state index is 13.2. The van der Waals surface area contributed by atoms with Crippen LogP contribution >= 0.6 is 0 Å². The van der Waals surface area contributed by atoms with Crippen LogP contribution in [-0.4, -0.2) is 67.9 Å². The second-order valence-corrected chi connectivity index (χ2v) is 8.94. The molecule has 2 fully saturated rings. The average Bonchev–Trinajstić information content (AvgIpc) is 3.50. The summed E-state index contributed by atoms with van der Waals surface area (Å²) in [6, 6.07) is 16.4. The Balaban J connectivity index is 1.20. The van der Waals surface area contributed by atoms with Gasteiger partial charge in [0, 0.05) is 55.4 Å². The van der Waals surface area contributed by atoms with E-state index in [1.54, 1.807) is 12.4 Å². The van der Waals surface area contributed by atoms with Gasteiger partial charge in [0.2, 0.25) is 0 Å². The predicted octanol–water partition coefficient (Wildman–Crippen LogP) is 3.53. The van der Waals surface area contributed by atoms with Crippen molar-refractivity contribution >= 4 is 16.8 Å². The van der Waals surface area contributed by atoms with Crippen LogP contribution in [0.5, 0.6) is 0 Å². The molecule has 0 saturated carbocycles. The van der Waals surface area contributed by atoms with Crippen molar-refractivity contribution in [3.8, 4) is 11.4 Å². The summed E-state index contributed by atoms with van der Waals surface area (Å²) in [4.78, 5) is 34.5. The standard InChI is InChI=1S/C26H26N6O/c33-26(32-13-12-31-11-3-4-20(31)17-32)24-16-19-14-18(6-7-21(19)29-24)15-25-28-10-8-23(30-25)22-5-1-2-9-27-22/h1-2,5-10,14,16,20,29H,3-4,11-13,15,17H2. The number of nitrogens with one attached hydrogen (secondary N) is 1. The van der Waals surface area contributed by atoms with E-state index in [2.05, 4.69) is 32.0 Å². The van der Waals surface area contributed by atoms with Crippen LogP contribution in [0.1, 0.15) is 34.7 Å². The van der Waals surface area contributed by atoms with Gasteiger partial charge in [0.05, 0.1) is 11.4 Å². The highest BCUT2D eigenvalue weighted by Gasteiger charge is 2.33. The number of H-pyrrole nitrogens is 1. The van der Waals surface area contributed by atoms with Crippen LogP contribution in [-0.2, 0) is 6.42 Å². The molecule has 0 spiro atoms. The fourth-order valence-electron chi connectivity index (χ4n) is 5.08. The average molecular weight is 439 g/mol. The minimum Gasteiger partial charge on any atom is -0.351 e.